The lowest BCUT2D eigenvalue weighted by Gasteiger charge is -2.23. The molecule has 0 bridgehead atoms. The van der Waals surface area contributed by atoms with Gasteiger partial charge in [-0.2, -0.15) is 0 Å². The number of nitrogens with one attached hydrogen (secondary N) is 2. The van der Waals surface area contributed by atoms with E-state index in [0.717, 1.165) is 12.8 Å². The SMILES string of the molecule is CNC(=O)c1ccc(Cl)c(NC(=O)C(C)(N)C2CC2)c1. The van der Waals surface area contributed by atoms with Gasteiger partial charge in [0.15, 0.2) is 0 Å². The van der Waals surface area contributed by atoms with Gasteiger partial charge in [0, 0.05) is 12.6 Å². The van der Waals surface area contributed by atoms with Crippen molar-refractivity contribution < 1.29 is 9.59 Å². The molecule has 0 saturated heterocycles. The Balaban J connectivity index is 2.20. The van der Waals surface area contributed by atoms with Crippen LogP contribution in [0.3, 0.4) is 0 Å². The van der Waals surface area contributed by atoms with Crippen molar-refractivity contribution in [3.05, 3.63) is 28.8 Å². The van der Waals surface area contributed by atoms with E-state index in [-0.39, 0.29) is 17.7 Å². The van der Waals surface area contributed by atoms with Crippen molar-refractivity contribution in [1.29, 1.82) is 0 Å². The van der Waals surface area contributed by atoms with E-state index < -0.39 is 5.54 Å². The van der Waals surface area contributed by atoms with Crippen LogP contribution in [0.15, 0.2) is 18.2 Å². The Hall–Kier alpha value is -1.59. The highest BCUT2D eigenvalue weighted by atomic mass is 35.5. The smallest absolute Gasteiger partial charge is 0.251 e. The highest BCUT2D eigenvalue weighted by Crippen LogP contribution is 2.38. The maximum absolute atomic E-state index is 12.2. The average Bonchev–Trinajstić information content (AvgIpc) is 3.24. The van der Waals surface area contributed by atoms with E-state index in [2.05, 4.69) is 10.6 Å². The Labute approximate surface area is 122 Å². The van der Waals surface area contributed by atoms with Gasteiger partial charge in [0.1, 0.15) is 0 Å². The summed E-state index contributed by atoms with van der Waals surface area (Å²) in [5.74, 6) is -0.311. The van der Waals surface area contributed by atoms with E-state index >= 15 is 0 Å². The number of anilines is 1. The number of amides is 2. The lowest BCUT2D eigenvalue weighted by Crippen LogP contribution is -2.50. The fraction of sp³-hybridized carbons (Fsp3) is 0.429. The van der Waals surface area contributed by atoms with Gasteiger partial charge in [0.2, 0.25) is 5.91 Å². The summed E-state index contributed by atoms with van der Waals surface area (Å²) in [7, 11) is 1.54. The van der Waals surface area contributed by atoms with Gasteiger partial charge in [-0.3, -0.25) is 9.59 Å². The molecule has 20 heavy (non-hydrogen) atoms. The van der Waals surface area contributed by atoms with E-state index in [0.29, 0.717) is 16.3 Å². The van der Waals surface area contributed by atoms with Crippen molar-refractivity contribution >= 4 is 29.1 Å². The maximum Gasteiger partial charge on any atom is 0.251 e. The summed E-state index contributed by atoms with van der Waals surface area (Å²) < 4.78 is 0. The van der Waals surface area contributed by atoms with Crippen molar-refractivity contribution in [3.63, 3.8) is 0 Å². The number of halogens is 1. The molecule has 2 rings (SSSR count). The molecule has 5 nitrogen and oxygen atoms in total. The monoisotopic (exact) mass is 295 g/mol. The Morgan fingerprint density at radius 2 is 2.05 bits per heavy atom. The third kappa shape index (κ3) is 2.94. The molecule has 0 aromatic heterocycles. The minimum absolute atomic E-state index is 0.211. The lowest BCUT2D eigenvalue weighted by atomic mass is 9.96. The van der Waals surface area contributed by atoms with Gasteiger partial charge in [-0.05, 0) is 43.9 Å². The van der Waals surface area contributed by atoms with E-state index in [9.17, 15) is 9.59 Å². The van der Waals surface area contributed by atoms with Crippen LogP contribution in [0.5, 0.6) is 0 Å². The van der Waals surface area contributed by atoms with Crippen molar-refractivity contribution in [2.24, 2.45) is 11.7 Å². The molecule has 2 amide bonds. The molecule has 1 aromatic rings. The summed E-state index contributed by atoms with van der Waals surface area (Å²) in [4.78, 5) is 23.8. The van der Waals surface area contributed by atoms with Crippen LogP contribution in [0.25, 0.3) is 0 Å². The molecular weight excluding hydrogens is 278 g/mol. The predicted molar refractivity (Wildman–Crippen MR) is 78.8 cm³/mol. The predicted octanol–water partition coefficient (Wildman–Crippen LogP) is 1.77. The standard InChI is InChI=1S/C14H18ClN3O2/c1-14(16,9-4-5-9)13(20)18-11-7-8(12(19)17-2)3-6-10(11)15/h3,6-7,9H,4-5,16H2,1-2H3,(H,17,19)(H,18,20). The van der Waals surface area contributed by atoms with E-state index in [4.69, 9.17) is 17.3 Å². The van der Waals surface area contributed by atoms with Crippen LogP contribution in [0.1, 0.15) is 30.1 Å². The summed E-state index contributed by atoms with van der Waals surface area (Å²) >= 11 is 6.05. The Kier molecular flexibility index (Phi) is 4.01. The second-order valence-electron chi connectivity index (χ2n) is 5.28. The zero-order chi connectivity index (χ0) is 14.9. The number of carbonyl (C=O) groups excluding carboxylic acids is 2. The van der Waals surface area contributed by atoms with Gasteiger partial charge < -0.3 is 16.4 Å². The molecule has 1 saturated carbocycles. The van der Waals surface area contributed by atoms with Crippen molar-refractivity contribution in [2.45, 2.75) is 25.3 Å². The van der Waals surface area contributed by atoms with Crippen LogP contribution in [0.2, 0.25) is 5.02 Å². The van der Waals surface area contributed by atoms with Gasteiger partial charge in [-0.15, -0.1) is 0 Å². The van der Waals surface area contributed by atoms with Gasteiger partial charge in [-0.25, -0.2) is 0 Å². The molecule has 1 aliphatic rings. The summed E-state index contributed by atoms with van der Waals surface area (Å²) in [6.07, 6.45) is 1.93. The first-order chi connectivity index (χ1) is 9.36. The first-order valence-electron chi connectivity index (χ1n) is 6.48. The second kappa shape index (κ2) is 5.42. The topological polar surface area (TPSA) is 84.2 Å². The quantitative estimate of drug-likeness (QED) is 0.791. The highest BCUT2D eigenvalue weighted by molar-refractivity contribution is 6.34. The highest BCUT2D eigenvalue weighted by Gasteiger charge is 2.44. The van der Waals surface area contributed by atoms with Crippen molar-refractivity contribution in [3.8, 4) is 0 Å². The van der Waals surface area contributed by atoms with Gasteiger partial charge in [0.25, 0.3) is 5.91 Å². The first kappa shape index (κ1) is 14.8. The molecule has 0 radical (unpaired) electrons. The molecule has 1 unspecified atom stereocenters. The van der Waals surface area contributed by atoms with Crippen LogP contribution < -0.4 is 16.4 Å². The second-order valence-corrected chi connectivity index (χ2v) is 5.69. The third-order valence-corrected chi connectivity index (χ3v) is 3.95. The molecule has 0 aliphatic heterocycles. The molecule has 6 heteroatoms. The number of benzene rings is 1. The lowest BCUT2D eigenvalue weighted by molar-refractivity contribution is -0.121. The molecule has 1 aromatic carbocycles. The fourth-order valence-electron chi connectivity index (χ4n) is 2.03. The summed E-state index contributed by atoms with van der Waals surface area (Å²) in [5, 5.41) is 5.61. The third-order valence-electron chi connectivity index (χ3n) is 3.62. The number of hydrogen-bond donors (Lipinski definition) is 3. The maximum atomic E-state index is 12.2. The normalized spacial score (nSPS) is 17.2. The Bertz CT molecular complexity index is 553. The average molecular weight is 296 g/mol. The Morgan fingerprint density at radius 1 is 1.40 bits per heavy atom. The van der Waals surface area contributed by atoms with Crippen LogP contribution in [-0.2, 0) is 4.79 Å². The number of hydrogen-bond acceptors (Lipinski definition) is 3. The molecule has 0 spiro atoms. The molecule has 1 atom stereocenters. The minimum atomic E-state index is -0.910. The summed E-state index contributed by atoms with van der Waals surface area (Å²) in [5.41, 5.74) is 5.97. The zero-order valence-corrected chi connectivity index (χ0v) is 12.3. The van der Waals surface area contributed by atoms with E-state index in [1.165, 1.54) is 0 Å². The molecule has 108 valence electrons. The summed E-state index contributed by atoms with van der Waals surface area (Å²) in [6, 6.07) is 4.72. The van der Waals surface area contributed by atoms with Crippen molar-refractivity contribution in [2.75, 3.05) is 12.4 Å². The molecule has 1 aliphatic carbocycles. The summed E-state index contributed by atoms with van der Waals surface area (Å²) in [6.45, 7) is 1.72. The van der Waals surface area contributed by atoms with Gasteiger partial charge >= 0.3 is 0 Å². The van der Waals surface area contributed by atoms with Gasteiger partial charge in [0.05, 0.1) is 16.2 Å². The fourth-order valence-corrected chi connectivity index (χ4v) is 2.20. The molecular formula is C14H18ClN3O2. The number of carbonyl (C=O) groups is 2. The number of nitrogens with two attached hydrogens (primary N) is 1. The van der Waals surface area contributed by atoms with E-state index in [1.807, 2.05) is 0 Å². The first-order valence-corrected chi connectivity index (χ1v) is 6.86. The molecule has 0 heterocycles. The molecule has 4 N–H and O–H groups in total. The number of rotatable bonds is 4. The van der Waals surface area contributed by atoms with Crippen LogP contribution in [0, 0.1) is 5.92 Å². The van der Waals surface area contributed by atoms with Crippen LogP contribution in [0.4, 0.5) is 5.69 Å². The van der Waals surface area contributed by atoms with E-state index in [1.54, 1.807) is 32.2 Å². The zero-order valence-electron chi connectivity index (χ0n) is 11.5. The minimum Gasteiger partial charge on any atom is -0.355 e. The van der Waals surface area contributed by atoms with Crippen molar-refractivity contribution in [1.82, 2.24) is 5.32 Å². The molecule has 1 fully saturated rings. The Morgan fingerprint density at radius 3 is 2.60 bits per heavy atom. The van der Waals surface area contributed by atoms with Gasteiger partial charge in [-0.1, -0.05) is 11.6 Å². The van der Waals surface area contributed by atoms with Crippen LogP contribution in [-0.4, -0.2) is 24.4 Å². The van der Waals surface area contributed by atoms with Crippen LogP contribution >= 0.6 is 11.6 Å². The largest absolute Gasteiger partial charge is 0.355 e.